The Morgan fingerprint density at radius 1 is 1.16 bits per heavy atom. The van der Waals surface area contributed by atoms with Crippen LogP contribution < -0.4 is 10.6 Å². The predicted octanol–water partition coefficient (Wildman–Crippen LogP) is 3.96. The molecule has 1 aromatic rings. The highest BCUT2D eigenvalue weighted by Crippen LogP contribution is 2.55. The van der Waals surface area contributed by atoms with Gasteiger partial charge >= 0.3 is 0 Å². The zero-order chi connectivity index (χ0) is 26.2. The van der Waals surface area contributed by atoms with Gasteiger partial charge in [0.25, 0.3) is 0 Å². The minimum atomic E-state index is -1.17. The van der Waals surface area contributed by atoms with E-state index in [9.17, 15) is 14.4 Å². The minimum Gasteiger partial charge on any atom is -0.382 e. The van der Waals surface area contributed by atoms with Crippen molar-refractivity contribution in [1.82, 2.24) is 10.2 Å². The van der Waals surface area contributed by atoms with E-state index in [1.807, 2.05) is 19.1 Å². The maximum Gasteiger partial charge on any atom is 0.246 e. The number of fused-ring (bicyclic) bond motifs is 1. The second kappa shape index (κ2) is 10.9. The molecule has 1 aliphatic carbocycles. The second-order valence-electron chi connectivity index (χ2n) is 10.2. The average molecular weight is 550 g/mol. The summed E-state index contributed by atoms with van der Waals surface area (Å²) in [6.45, 7) is 3.33. The summed E-state index contributed by atoms with van der Waals surface area (Å²) in [5.41, 5.74) is -0.697. The first-order chi connectivity index (χ1) is 17.9. The molecule has 2 N–H and O–H groups in total. The van der Waals surface area contributed by atoms with Crippen LogP contribution in [0, 0.1) is 11.8 Å². The van der Waals surface area contributed by atoms with Gasteiger partial charge in [0.1, 0.15) is 11.6 Å². The van der Waals surface area contributed by atoms with Gasteiger partial charge < -0.3 is 25.0 Å². The van der Waals surface area contributed by atoms with E-state index >= 15 is 0 Å². The molecule has 1 spiro atoms. The number of amides is 3. The number of anilines is 1. The summed E-state index contributed by atoms with van der Waals surface area (Å²) in [5, 5.41) is 6.75. The van der Waals surface area contributed by atoms with E-state index in [0.717, 1.165) is 25.7 Å². The third-order valence-corrected chi connectivity index (χ3v) is 8.69. The summed E-state index contributed by atoms with van der Waals surface area (Å²) in [4.78, 5) is 42.7. The van der Waals surface area contributed by atoms with E-state index in [2.05, 4.69) is 10.6 Å². The molecule has 3 fully saturated rings. The van der Waals surface area contributed by atoms with Gasteiger partial charge in [-0.2, -0.15) is 0 Å². The van der Waals surface area contributed by atoms with Gasteiger partial charge in [-0.15, -0.1) is 0 Å². The van der Waals surface area contributed by atoms with Crippen molar-refractivity contribution >= 4 is 46.6 Å². The number of benzene rings is 1. The number of nitrogens with zero attached hydrogens (tertiary/aromatic N) is 1. The standard InChI is InChI=1S/C27H33Cl2N3O5/c1-2-36-14-6-13-32-23(25(34)30-16-7-4-3-5-8-16)27-12-11-20(37-27)21(22(27)26(32)35)24(33)31-17-9-10-18(28)19(29)15-17/h9-12,15-16,20-23H,2-8,13-14H2,1H3,(H,30,34)(H,31,33)/t20-,21+,22-,23-,27+/m1/s1. The molecule has 2 saturated heterocycles. The number of likely N-dealkylation sites (tertiary alicyclic amines) is 1. The summed E-state index contributed by atoms with van der Waals surface area (Å²) < 4.78 is 11.9. The van der Waals surface area contributed by atoms with Crippen LogP contribution >= 0.6 is 23.2 Å². The molecule has 3 aliphatic heterocycles. The number of nitrogens with one attached hydrogen (secondary N) is 2. The number of ether oxygens (including phenoxy) is 2. The lowest BCUT2D eigenvalue weighted by molar-refractivity contribution is -0.141. The molecular weight excluding hydrogens is 517 g/mol. The van der Waals surface area contributed by atoms with Crippen LogP contribution in [0.1, 0.15) is 45.4 Å². The molecule has 5 rings (SSSR count). The fourth-order valence-corrected chi connectivity index (χ4v) is 6.61. The molecule has 1 saturated carbocycles. The summed E-state index contributed by atoms with van der Waals surface area (Å²) in [7, 11) is 0. The molecule has 4 aliphatic rings. The Kier molecular flexibility index (Phi) is 7.82. The van der Waals surface area contributed by atoms with Crippen LogP contribution in [-0.4, -0.2) is 66.2 Å². The quantitative estimate of drug-likeness (QED) is 0.359. The number of hydrogen-bond acceptors (Lipinski definition) is 5. The first kappa shape index (κ1) is 26.5. The van der Waals surface area contributed by atoms with Crippen molar-refractivity contribution in [2.24, 2.45) is 11.8 Å². The van der Waals surface area contributed by atoms with E-state index in [1.54, 1.807) is 23.1 Å². The Morgan fingerprint density at radius 2 is 1.95 bits per heavy atom. The van der Waals surface area contributed by atoms with Crippen molar-refractivity contribution in [2.45, 2.75) is 69.2 Å². The Balaban J connectivity index is 1.40. The number of halogens is 2. The van der Waals surface area contributed by atoms with Gasteiger partial charge in [0.2, 0.25) is 17.7 Å². The zero-order valence-corrected chi connectivity index (χ0v) is 22.4. The van der Waals surface area contributed by atoms with E-state index in [1.165, 1.54) is 6.42 Å². The molecule has 1 aromatic carbocycles. The summed E-state index contributed by atoms with van der Waals surface area (Å²) in [6, 6.07) is 4.08. The van der Waals surface area contributed by atoms with Gasteiger partial charge in [0.05, 0.1) is 28.0 Å². The second-order valence-corrected chi connectivity index (χ2v) is 11.1. The molecule has 3 heterocycles. The summed E-state index contributed by atoms with van der Waals surface area (Å²) in [6.07, 6.45) is 8.83. The number of carbonyl (C=O) groups excluding carboxylic acids is 3. The zero-order valence-electron chi connectivity index (χ0n) is 20.9. The highest BCUT2D eigenvalue weighted by molar-refractivity contribution is 6.42. The highest BCUT2D eigenvalue weighted by Gasteiger charge is 2.72. The van der Waals surface area contributed by atoms with Crippen molar-refractivity contribution < 1.29 is 23.9 Å². The lowest BCUT2D eigenvalue weighted by atomic mass is 9.74. The van der Waals surface area contributed by atoms with Gasteiger partial charge in [0.15, 0.2) is 0 Å². The molecule has 0 radical (unpaired) electrons. The van der Waals surface area contributed by atoms with Crippen LogP contribution in [-0.2, 0) is 23.9 Å². The molecular formula is C27H33Cl2N3O5. The summed E-state index contributed by atoms with van der Waals surface area (Å²) >= 11 is 12.1. The molecule has 10 heteroatoms. The molecule has 2 bridgehead atoms. The van der Waals surface area contributed by atoms with E-state index < -0.39 is 29.6 Å². The molecule has 200 valence electrons. The Labute approximate surface area is 227 Å². The van der Waals surface area contributed by atoms with Crippen LogP contribution in [0.25, 0.3) is 0 Å². The van der Waals surface area contributed by atoms with Crippen molar-refractivity contribution in [3.05, 3.63) is 40.4 Å². The van der Waals surface area contributed by atoms with Crippen LogP contribution in [0.2, 0.25) is 10.0 Å². The molecule has 8 nitrogen and oxygen atoms in total. The van der Waals surface area contributed by atoms with Crippen molar-refractivity contribution in [3.8, 4) is 0 Å². The molecule has 0 aromatic heterocycles. The van der Waals surface area contributed by atoms with Crippen molar-refractivity contribution in [2.75, 3.05) is 25.1 Å². The first-order valence-electron chi connectivity index (χ1n) is 13.2. The van der Waals surface area contributed by atoms with Crippen LogP contribution in [0.4, 0.5) is 5.69 Å². The molecule has 37 heavy (non-hydrogen) atoms. The Bertz CT molecular complexity index is 1090. The normalized spacial score (nSPS) is 30.6. The summed E-state index contributed by atoms with van der Waals surface area (Å²) in [5.74, 6) is -2.36. The van der Waals surface area contributed by atoms with E-state index in [4.69, 9.17) is 32.7 Å². The molecule has 0 unspecified atom stereocenters. The van der Waals surface area contributed by atoms with Gasteiger partial charge in [-0.3, -0.25) is 14.4 Å². The lowest BCUT2D eigenvalue weighted by Gasteiger charge is -2.34. The topological polar surface area (TPSA) is 97.0 Å². The van der Waals surface area contributed by atoms with Crippen LogP contribution in [0.3, 0.4) is 0 Å². The Morgan fingerprint density at radius 3 is 2.68 bits per heavy atom. The predicted molar refractivity (Wildman–Crippen MR) is 140 cm³/mol. The van der Waals surface area contributed by atoms with Gasteiger partial charge in [-0.05, 0) is 44.4 Å². The van der Waals surface area contributed by atoms with Crippen molar-refractivity contribution in [1.29, 1.82) is 0 Å². The van der Waals surface area contributed by atoms with Crippen LogP contribution in [0.5, 0.6) is 0 Å². The monoisotopic (exact) mass is 549 g/mol. The van der Waals surface area contributed by atoms with Gasteiger partial charge in [0, 0.05) is 31.5 Å². The molecule has 5 atom stereocenters. The maximum absolute atomic E-state index is 13.9. The third kappa shape index (κ3) is 4.89. The smallest absolute Gasteiger partial charge is 0.246 e. The van der Waals surface area contributed by atoms with Crippen molar-refractivity contribution in [3.63, 3.8) is 0 Å². The molecule has 3 amide bonds. The SMILES string of the molecule is CCOCCCN1C(=O)[C@H]2[C@@H](C(=O)Nc3ccc(Cl)c(Cl)c3)[C@H]3C=C[C@@]2(O3)[C@H]1C(=O)NC1CCCCC1. The number of carbonyl (C=O) groups is 3. The minimum absolute atomic E-state index is 0.0911. The Hall–Kier alpha value is -2.13. The maximum atomic E-state index is 13.9. The number of rotatable bonds is 9. The fraction of sp³-hybridized carbons (Fsp3) is 0.593. The van der Waals surface area contributed by atoms with Crippen LogP contribution in [0.15, 0.2) is 30.4 Å². The van der Waals surface area contributed by atoms with Gasteiger partial charge in [-0.25, -0.2) is 0 Å². The fourth-order valence-electron chi connectivity index (χ4n) is 6.32. The largest absolute Gasteiger partial charge is 0.382 e. The highest BCUT2D eigenvalue weighted by atomic mass is 35.5. The average Bonchev–Trinajstić information content (AvgIpc) is 3.52. The van der Waals surface area contributed by atoms with E-state index in [0.29, 0.717) is 41.9 Å². The lowest BCUT2D eigenvalue weighted by Crippen LogP contribution is -2.56. The van der Waals surface area contributed by atoms with E-state index in [-0.39, 0.29) is 23.8 Å². The third-order valence-electron chi connectivity index (χ3n) is 7.96. The van der Waals surface area contributed by atoms with Gasteiger partial charge in [-0.1, -0.05) is 54.6 Å². The first-order valence-corrected chi connectivity index (χ1v) is 13.9. The number of hydrogen-bond donors (Lipinski definition) is 2.